The molecule has 1 aliphatic rings. The van der Waals surface area contributed by atoms with E-state index in [0.717, 1.165) is 29.4 Å². The van der Waals surface area contributed by atoms with Crippen LogP contribution in [0.2, 0.25) is 5.02 Å². The lowest BCUT2D eigenvalue weighted by Crippen LogP contribution is -2.18. The summed E-state index contributed by atoms with van der Waals surface area (Å²) in [5, 5.41) is 3.29. The highest BCUT2D eigenvalue weighted by molar-refractivity contribution is 7.93. The Morgan fingerprint density at radius 1 is 1.33 bits per heavy atom. The normalized spacial score (nSPS) is 16.7. The number of likely N-dealkylation sites (N-methyl/N-ethyl adjacent to an activating group) is 1. The van der Waals surface area contributed by atoms with Gasteiger partial charge in [-0.3, -0.25) is 0 Å². The maximum absolute atomic E-state index is 11.4. The molecule has 0 aliphatic carbocycles. The van der Waals surface area contributed by atoms with E-state index in [-0.39, 0.29) is 0 Å². The van der Waals surface area contributed by atoms with Crippen molar-refractivity contribution in [2.75, 3.05) is 19.8 Å². The van der Waals surface area contributed by atoms with Crippen molar-refractivity contribution in [1.29, 1.82) is 0 Å². The van der Waals surface area contributed by atoms with E-state index in [1.165, 1.54) is 32.9 Å². The fraction of sp³-hybridized carbons (Fsp3) is 0.333. The summed E-state index contributed by atoms with van der Waals surface area (Å²) in [7, 11) is -1.04. The number of nitrogens with zero attached hydrogens (tertiary/aromatic N) is 1. The van der Waals surface area contributed by atoms with E-state index in [4.69, 9.17) is 11.6 Å². The first-order valence-corrected chi connectivity index (χ1v) is 9.79. The van der Waals surface area contributed by atoms with Crippen molar-refractivity contribution in [3.05, 3.63) is 38.6 Å². The van der Waals surface area contributed by atoms with Gasteiger partial charge in [-0.05, 0) is 42.8 Å². The van der Waals surface area contributed by atoms with Crippen LogP contribution in [0.3, 0.4) is 0 Å². The molecule has 2 heterocycles. The van der Waals surface area contributed by atoms with Gasteiger partial charge in [-0.1, -0.05) is 11.6 Å². The van der Waals surface area contributed by atoms with Gasteiger partial charge >= 0.3 is 0 Å². The highest BCUT2D eigenvalue weighted by Gasteiger charge is 2.21. The Kier molecular flexibility index (Phi) is 3.86. The van der Waals surface area contributed by atoms with Crippen LogP contribution >= 0.6 is 22.9 Å². The summed E-state index contributed by atoms with van der Waals surface area (Å²) in [5.41, 5.74) is 2.37. The van der Waals surface area contributed by atoms with Gasteiger partial charge in [0.2, 0.25) is 0 Å². The third-order valence-corrected chi connectivity index (χ3v) is 5.82. The quantitative estimate of drug-likeness (QED) is 0.838. The number of halogens is 1. The molecule has 0 saturated heterocycles. The summed E-state index contributed by atoms with van der Waals surface area (Å²) < 4.78 is 23.9. The molecule has 3 nitrogen and oxygen atoms in total. The largest absolute Gasteiger partial charge is 0.302 e. The topological polar surface area (TPSA) is 37.4 Å². The van der Waals surface area contributed by atoms with Gasteiger partial charge in [0.1, 0.15) is 0 Å². The Hall–Kier alpha value is -0.880. The SMILES string of the molecule is CN1CCc2c(Cl)ccc3sc(/C=C/S(C)(=O)=O)c(c23)C1. The molecule has 1 aromatic carbocycles. The number of sulfone groups is 1. The van der Waals surface area contributed by atoms with E-state index < -0.39 is 9.84 Å². The van der Waals surface area contributed by atoms with E-state index in [1.54, 1.807) is 17.4 Å². The standard InChI is InChI=1S/C15H16ClNO2S2/c1-17-7-5-10-12(16)3-4-14-15(10)11(9-17)13(20-14)6-8-21(2,18)19/h3-4,6,8H,5,7,9H2,1-2H3/b8-6+. The van der Waals surface area contributed by atoms with Gasteiger partial charge in [0.05, 0.1) is 0 Å². The predicted molar refractivity (Wildman–Crippen MR) is 90.8 cm³/mol. The lowest BCUT2D eigenvalue weighted by molar-refractivity contribution is 0.337. The van der Waals surface area contributed by atoms with Crippen molar-refractivity contribution in [3.63, 3.8) is 0 Å². The van der Waals surface area contributed by atoms with Crippen LogP contribution < -0.4 is 0 Å². The Morgan fingerprint density at radius 2 is 2.10 bits per heavy atom. The highest BCUT2D eigenvalue weighted by Crippen LogP contribution is 2.39. The summed E-state index contributed by atoms with van der Waals surface area (Å²) in [5.74, 6) is 0. The number of thiophene rings is 1. The highest BCUT2D eigenvalue weighted by atomic mass is 35.5. The summed E-state index contributed by atoms with van der Waals surface area (Å²) in [6, 6.07) is 3.97. The number of hydrogen-bond donors (Lipinski definition) is 0. The number of hydrogen-bond acceptors (Lipinski definition) is 4. The van der Waals surface area contributed by atoms with E-state index in [1.807, 2.05) is 12.1 Å². The molecule has 0 saturated carbocycles. The zero-order chi connectivity index (χ0) is 15.2. The van der Waals surface area contributed by atoms with Crippen LogP contribution in [0.5, 0.6) is 0 Å². The van der Waals surface area contributed by atoms with Crippen molar-refractivity contribution in [3.8, 4) is 0 Å². The first-order chi connectivity index (χ1) is 9.85. The van der Waals surface area contributed by atoms with Gasteiger partial charge in [0.15, 0.2) is 9.84 Å². The third kappa shape index (κ3) is 3.01. The molecule has 6 heteroatoms. The van der Waals surface area contributed by atoms with Gasteiger partial charge in [-0.15, -0.1) is 11.3 Å². The lowest BCUT2D eigenvalue weighted by atomic mass is 10.0. The Balaban J connectivity index is 2.25. The Labute approximate surface area is 133 Å². The van der Waals surface area contributed by atoms with Crippen LogP contribution in [-0.4, -0.2) is 33.2 Å². The monoisotopic (exact) mass is 341 g/mol. The summed E-state index contributed by atoms with van der Waals surface area (Å²) in [6.45, 7) is 1.77. The second kappa shape index (κ2) is 5.39. The van der Waals surface area contributed by atoms with E-state index >= 15 is 0 Å². The van der Waals surface area contributed by atoms with Crippen molar-refractivity contribution in [2.45, 2.75) is 13.0 Å². The van der Waals surface area contributed by atoms with Crippen molar-refractivity contribution < 1.29 is 8.42 Å². The Morgan fingerprint density at radius 3 is 2.81 bits per heavy atom. The van der Waals surface area contributed by atoms with Crippen molar-refractivity contribution >= 4 is 48.9 Å². The minimum atomic E-state index is -3.12. The van der Waals surface area contributed by atoms with Crippen LogP contribution in [0.15, 0.2) is 17.5 Å². The first kappa shape index (κ1) is 15.0. The van der Waals surface area contributed by atoms with Crippen LogP contribution in [0.4, 0.5) is 0 Å². The minimum Gasteiger partial charge on any atom is -0.302 e. The fourth-order valence-corrected chi connectivity index (χ4v) is 4.56. The van der Waals surface area contributed by atoms with E-state index in [9.17, 15) is 8.42 Å². The summed E-state index contributed by atoms with van der Waals surface area (Å²) in [6.07, 6.45) is 3.85. The average molecular weight is 342 g/mol. The van der Waals surface area contributed by atoms with E-state index in [0.29, 0.717) is 0 Å². The molecule has 0 spiro atoms. The molecule has 1 aromatic heterocycles. The summed E-state index contributed by atoms with van der Waals surface area (Å²) in [4.78, 5) is 3.25. The Bertz CT molecular complexity index is 837. The van der Waals surface area contributed by atoms with Gasteiger partial charge < -0.3 is 4.90 Å². The van der Waals surface area contributed by atoms with Crippen LogP contribution in [0.1, 0.15) is 16.0 Å². The fourth-order valence-electron chi connectivity index (χ4n) is 2.69. The number of rotatable bonds is 2. The predicted octanol–water partition coefficient (Wildman–Crippen LogP) is 3.56. The first-order valence-electron chi connectivity index (χ1n) is 6.64. The lowest BCUT2D eigenvalue weighted by Gasteiger charge is -2.13. The van der Waals surface area contributed by atoms with Crippen LogP contribution in [-0.2, 0) is 22.8 Å². The van der Waals surface area contributed by atoms with Gasteiger partial charge in [0.25, 0.3) is 0 Å². The summed E-state index contributed by atoms with van der Waals surface area (Å²) >= 11 is 7.99. The van der Waals surface area contributed by atoms with Crippen LogP contribution in [0, 0.1) is 0 Å². The average Bonchev–Trinajstić information content (AvgIpc) is 2.62. The molecule has 0 atom stereocenters. The molecule has 0 unspecified atom stereocenters. The third-order valence-electron chi connectivity index (χ3n) is 3.67. The molecular weight excluding hydrogens is 326 g/mol. The molecule has 0 bridgehead atoms. The molecule has 21 heavy (non-hydrogen) atoms. The van der Waals surface area contributed by atoms with Gasteiger partial charge in [-0.25, -0.2) is 8.42 Å². The number of benzene rings is 1. The van der Waals surface area contributed by atoms with Gasteiger partial charge in [-0.2, -0.15) is 0 Å². The van der Waals surface area contributed by atoms with E-state index in [2.05, 4.69) is 11.9 Å². The maximum Gasteiger partial charge on any atom is 0.168 e. The second-order valence-corrected chi connectivity index (χ2v) is 8.89. The molecule has 2 aromatic rings. The van der Waals surface area contributed by atoms with Gasteiger partial charge in [0, 0.05) is 44.7 Å². The molecular formula is C15H16ClNO2S2. The molecule has 0 fully saturated rings. The van der Waals surface area contributed by atoms with Crippen molar-refractivity contribution in [2.24, 2.45) is 0 Å². The second-order valence-electron chi connectivity index (χ2n) is 5.46. The molecule has 0 amide bonds. The molecule has 112 valence electrons. The molecule has 0 N–H and O–H groups in total. The molecule has 0 radical (unpaired) electrons. The zero-order valence-corrected chi connectivity index (χ0v) is 14.3. The minimum absolute atomic E-state index is 0.801. The zero-order valence-electron chi connectivity index (χ0n) is 11.9. The molecule has 1 aliphatic heterocycles. The molecule has 3 rings (SSSR count). The van der Waals surface area contributed by atoms with Crippen LogP contribution in [0.25, 0.3) is 16.2 Å². The smallest absolute Gasteiger partial charge is 0.168 e. The maximum atomic E-state index is 11.4. The van der Waals surface area contributed by atoms with Crippen molar-refractivity contribution in [1.82, 2.24) is 4.90 Å².